The van der Waals surface area contributed by atoms with Crippen molar-refractivity contribution in [1.82, 2.24) is 30.4 Å². The van der Waals surface area contributed by atoms with E-state index in [1.54, 1.807) is 34.2 Å². The van der Waals surface area contributed by atoms with Crippen LogP contribution in [0.1, 0.15) is 75.6 Å². The van der Waals surface area contributed by atoms with E-state index in [0.717, 1.165) is 12.8 Å². The summed E-state index contributed by atoms with van der Waals surface area (Å²) in [5.41, 5.74) is 7.65. The number of hydrogen-bond donors (Lipinski definition) is 4. The third-order valence-electron chi connectivity index (χ3n) is 9.17. The maximum Gasteiger partial charge on any atom is 0.407 e. The van der Waals surface area contributed by atoms with E-state index < -0.39 is 30.3 Å². The molecule has 1 aromatic heterocycles. The number of alkyl carbamates (subject to hydrolysis) is 2. The van der Waals surface area contributed by atoms with Crippen LogP contribution in [-0.4, -0.2) is 95.0 Å². The minimum Gasteiger partial charge on any atom is -0.453 e. The molecule has 2 aliphatic rings. The minimum atomic E-state index is -0.911. The Balaban J connectivity index is 1.42. The van der Waals surface area contributed by atoms with Crippen molar-refractivity contribution in [3.05, 3.63) is 66.3 Å². The van der Waals surface area contributed by atoms with Crippen molar-refractivity contribution in [2.75, 3.05) is 27.3 Å². The van der Waals surface area contributed by atoms with Crippen LogP contribution in [0.25, 0.3) is 0 Å². The Labute approximate surface area is 305 Å². The number of carbonyl (C=O) groups excluding carboxylic acids is 4. The van der Waals surface area contributed by atoms with E-state index in [9.17, 15) is 19.2 Å². The van der Waals surface area contributed by atoms with Crippen molar-refractivity contribution in [2.45, 2.75) is 76.7 Å². The number of likely N-dealkylation sites (tertiary alicyclic amines) is 2. The van der Waals surface area contributed by atoms with E-state index >= 15 is 0 Å². The molecule has 6 atom stereocenters. The second-order valence-corrected chi connectivity index (χ2v) is 13.0. The number of amidine groups is 1. The molecule has 4 amide bonds. The van der Waals surface area contributed by atoms with Gasteiger partial charge in [0.1, 0.15) is 29.4 Å². The van der Waals surface area contributed by atoms with E-state index in [1.165, 1.54) is 14.2 Å². The molecule has 14 nitrogen and oxygen atoms in total. The maximum absolute atomic E-state index is 13.7. The van der Waals surface area contributed by atoms with Crippen LogP contribution >= 0.6 is 0 Å². The van der Waals surface area contributed by atoms with Gasteiger partial charge in [-0.05, 0) is 61.8 Å². The van der Waals surface area contributed by atoms with Gasteiger partial charge in [0.2, 0.25) is 5.91 Å². The van der Waals surface area contributed by atoms with E-state index in [0.29, 0.717) is 48.8 Å². The Morgan fingerprint density at radius 3 is 2.35 bits per heavy atom. The summed E-state index contributed by atoms with van der Waals surface area (Å²) in [6, 6.07) is 6.28. The fourth-order valence-corrected chi connectivity index (χ4v) is 6.37. The lowest BCUT2D eigenvalue weighted by Crippen LogP contribution is -2.54. The Morgan fingerprint density at radius 2 is 1.67 bits per heavy atom. The topological polar surface area (TPSA) is 184 Å². The monoisotopic (exact) mass is 712 g/mol. The molecule has 5 N–H and O–H groups in total. The lowest BCUT2D eigenvalue weighted by atomic mass is 10.0. The van der Waals surface area contributed by atoms with Gasteiger partial charge >= 0.3 is 12.2 Å². The van der Waals surface area contributed by atoms with Gasteiger partial charge in [-0.2, -0.15) is 0 Å². The van der Waals surface area contributed by atoms with Crippen LogP contribution in [0.15, 0.2) is 54.2 Å². The summed E-state index contributed by atoms with van der Waals surface area (Å²) >= 11 is 0. The Hall–Kier alpha value is -5.76. The van der Waals surface area contributed by atoms with Crippen LogP contribution in [-0.2, 0) is 19.1 Å². The summed E-state index contributed by atoms with van der Waals surface area (Å²) in [5.74, 6) is 11.7. The number of carbonyl (C=O) groups is 4. The van der Waals surface area contributed by atoms with Crippen molar-refractivity contribution in [3.63, 3.8) is 0 Å². The number of nitrogens with one attached hydrogen (secondary N) is 3. The average Bonchev–Trinajstić information content (AvgIpc) is 3.94. The fraction of sp³-hybridized carbons (Fsp3) is 0.474. The average molecular weight is 713 g/mol. The number of rotatable bonds is 11. The number of methoxy groups -OCH3 is 2. The third kappa shape index (κ3) is 9.72. The number of nitrogens with two attached hydrogens (primary N) is 1. The molecule has 2 saturated heterocycles. The molecule has 2 fully saturated rings. The van der Waals surface area contributed by atoms with Crippen LogP contribution in [0.3, 0.4) is 0 Å². The first kappa shape index (κ1) is 39.0. The molecular formula is C38H48N8O6. The lowest BCUT2D eigenvalue weighted by molar-refractivity contribution is -0.135. The molecule has 52 heavy (non-hydrogen) atoms. The standard InChI is InChI=1S/C38H48N8O6/c1-7-26(25(4)41-33(39)29-19-13-21-45(29)35(47)31(24(2)3)43-37(49)51-5)15-11-12-18-28-23-40-34(42-28)30-20-14-22-46(30)36(48)32(44-38(50)52-6)27-16-9-8-10-17-27/h7-10,16-17,23-26,29-32H,1,13-14,19-22H2,2-6H3,(H2,39,41)(H,40,42)(H,43,49)(H,44,50)/t25?,26-,29+,30+,31+,32-/m1/s1. The Kier molecular flexibility index (Phi) is 13.9. The first-order valence-corrected chi connectivity index (χ1v) is 17.4. The van der Waals surface area contributed by atoms with Gasteiger partial charge in [-0.25, -0.2) is 14.6 Å². The van der Waals surface area contributed by atoms with Crippen LogP contribution in [0.5, 0.6) is 0 Å². The molecule has 0 aliphatic carbocycles. The summed E-state index contributed by atoms with van der Waals surface area (Å²) < 4.78 is 9.49. The highest BCUT2D eigenvalue weighted by molar-refractivity contribution is 5.93. The normalized spacial score (nSPS) is 19.2. The van der Waals surface area contributed by atoms with Crippen molar-refractivity contribution in [2.24, 2.45) is 22.6 Å². The van der Waals surface area contributed by atoms with E-state index in [1.807, 2.05) is 39.0 Å². The maximum atomic E-state index is 13.7. The fourth-order valence-electron chi connectivity index (χ4n) is 6.37. The second kappa shape index (κ2) is 18.5. The third-order valence-corrected chi connectivity index (χ3v) is 9.17. The SMILES string of the molecule is C=C[C@H](C#CC#Cc1cnc([C@@H]2CCCN2C(=O)[C@H](NC(=O)OC)c2ccccc2)[nH]1)C(C)/N=C(\N)[C@@H]1CCCN1C(=O)[C@@H](NC(=O)OC)C(C)C. The quantitative estimate of drug-likeness (QED) is 0.118. The van der Waals surface area contributed by atoms with E-state index in [-0.39, 0.29) is 35.7 Å². The predicted molar refractivity (Wildman–Crippen MR) is 195 cm³/mol. The molecule has 2 aliphatic heterocycles. The first-order chi connectivity index (χ1) is 25.0. The van der Waals surface area contributed by atoms with Gasteiger partial charge < -0.3 is 40.6 Å². The summed E-state index contributed by atoms with van der Waals surface area (Å²) in [5, 5.41) is 5.30. The molecule has 3 heterocycles. The zero-order valence-corrected chi connectivity index (χ0v) is 30.3. The van der Waals surface area contributed by atoms with Crippen LogP contribution in [0, 0.1) is 35.5 Å². The van der Waals surface area contributed by atoms with Gasteiger partial charge in [-0.15, -0.1) is 6.58 Å². The van der Waals surface area contributed by atoms with Gasteiger partial charge in [0.05, 0.1) is 44.5 Å². The van der Waals surface area contributed by atoms with Crippen molar-refractivity contribution >= 4 is 29.8 Å². The number of H-pyrrole nitrogens is 1. The second-order valence-electron chi connectivity index (χ2n) is 13.0. The number of aliphatic imine (C=N–C) groups is 1. The van der Waals surface area contributed by atoms with Crippen molar-refractivity contribution in [1.29, 1.82) is 0 Å². The smallest absolute Gasteiger partial charge is 0.407 e. The molecule has 1 aromatic carbocycles. The number of imidazole rings is 1. The van der Waals surface area contributed by atoms with E-state index in [4.69, 9.17) is 15.2 Å². The highest BCUT2D eigenvalue weighted by Gasteiger charge is 2.38. The highest BCUT2D eigenvalue weighted by atomic mass is 16.5. The number of benzene rings is 1. The molecule has 14 heteroatoms. The van der Waals surface area contributed by atoms with Crippen molar-refractivity contribution < 1.29 is 28.7 Å². The molecule has 4 rings (SSSR count). The Morgan fingerprint density at radius 1 is 1.00 bits per heavy atom. The van der Waals surface area contributed by atoms with Gasteiger partial charge in [-0.1, -0.05) is 56.2 Å². The molecular weight excluding hydrogens is 664 g/mol. The summed E-state index contributed by atoms with van der Waals surface area (Å²) in [6.45, 7) is 10.5. The molecule has 0 bridgehead atoms. The molecule has 2 aromatic rings. The van der Waals surface area contributed by atoms with Gasteiger partial charge in [0.25, 0.3) is 5.91 Å². The number of aromatic nitrogens is 2. The molecule has 0 saturated carbocycles. The largest absolute Gasteiger partial charge is 0.453 e. The van der Waals surface area contributed by atoms with Crippen LogP contribution < -0.4 is 16.4 Å². The van der Waals surface area contributed by atoms with Crippen LogP contribution in [0.4, 0.5) is 9.59 Å². The number of aromatic amines is 1. The molecule has 0 spiro atoms. The first-order valence-electron chi connectivity index (χ1n) is 17.4. The van der Waals surface area contributed by atoms with Crippen LogP contribution in [0.2, 0.25) is 0 Å². The lowest BCUT2D eigenvalue weighted by Gasteiger charge is -2.30. The molecule has 276 valence electrons. The number of nitrogens with zero attached hydrogens (tertiary/aromatic N) is 4. The highest BCUT2D eigenvalue weighted by Crippen LogP contribution is 2.33. The predicted octanol–water partition coefficient (Wildman–Crippen LogP) is 3.44. The molecule has 1 unspecified atom stereocenters. The number of amides is 4. The summed E-state index contributed by atoms with van der Waals surface area (Å²) in [7, 11) is 2.51. The molecule has 0 radical (unpaired) electrons. The Bertz CT molecular complexity index is 1750. The number of hydrogen-bond acceptors (Lipinski definition) is 8. The van der Waals surface area contributed by atoms with Crippen molar-refractivity contribution in [3.8, 4) is 23.7 Å². The summed E-state index contributed by atoms with van der Waals surface area (Å²) in [6.07, 6.45) is 4.81. The van der Waals surface area contributed by atoms with E-state index in [2.05, 4.69) is 55.9 Å². The van der Waals surface area contributed by atoms with Gasteiger partial charge in [0.15, 0.2) is 0 Å². The summed E-state index contributed by atoms with van der Waals surface area (Å²) in [4.78, 5) is 66.9. The zero-order chi connectivity index (χ0) is 37.8. The number of ether oxygens (including phenoxy) is 2. The zero-order valence-electron chi connectivity index (χ0n) is 30.3. The van der Waals surface area contributed by atoms with Gasteiger partial charge in [0, 0.05) is 13.1 Å². The minimum absolute atomic E-state index is 0.157. The van der Waals surface area contributed by atoms with Gasteiger partial charge in [-0.3, -0.25) is 14.6 Å².